The summed E-state index contributed by atoms with van der Waals surface area (Å²) in [5, 5.41) is 9.40. The van der Waals surface area contributed by atoms with Crippen LogP contribution in [0.15, 0.2) is 52.0 Å². The van der Waals surface area contributed by atoms with E-state index in [9.17, 15) is 4.79 Å². The number of aromatic nitrogens is 3. The van der Waals surface area contributed by atoms with Gasteiger partial charge in [-0.15, -0.1) is 10.2 Å². The summed E-state index contributed by atoms with van der Waals surface area (Å²) < 4.78 is 12.2. The fourth-order valence-corrected chi connectivity index (χ4v) is 3.18. The van der Waals surface area contributed by atoms with Crippen molar-refractivity contribution in [3.63, 3.8) is 0 Å². The number of furan rings is 1. The Morgan fingerprint density at radius 1 is 1.21 bits per heavy atom. The number of esters is 1. The number of nitrogens with zero attached hydrogens (tertiary/aromatic N) is 3. The minimum Gasteiger partial charge on any atom is -0.463 e. The first-order valence-corrected chi connectivity index (χ1v) is 8.50. The molecule has 0 saturated carbocycles. The van der Waals surface area contributed by atoms with Gasteiger partial charge < -0.3 is 13.7 Å². The van der Waals surface area contributed by atoms with Gasteiger partial charge in [-0.2, -0.15) is 0 Å². The van der Waals surface area contributed by atoms with Crippen molar-refractivity contribution in [2.24, 2.45) is 0 Å². The van der Waals surface area contributed by atoms with Crippen molar-refractivity contribution in [1.29, 1.82) is 0 Å². The molecule has 0 amide bonds. The van der Waals surface area contributed by atoms with Crippen molar-refractivity contribution in [2.75, 3.05) is 7.11 Å². The zero-order valence-electron chi connectivity index (χ0n) is 13.4. The number of carbonyl (C=O) groups excluding carboxylic acids is 1. The molecule has 1 aromatic carbocycles. The van der Waals surface area contributed by atoms with Crippen LogP contribution in [-0.4, -0.2) is 27.8 Å². The lowest BCUT2D eigenvalue weighted by atomic mass is 10.2. The molecule has 0 aliphatic carbocycles. The van der Waals surface area contributed by atoms with Crippen LogP contribution in [0.2, 0.25) is 0 Å². The Morgan fingerprint density at radius 3 is 2.71 bits per heavy atom. The lowest BCUT2D eigenvalue weighted by molar-refractivity contribution is 0.0563. The molecule has 0 aliphatic heterocycles. The third kappa shape index (κ3) is 3.35. The predicted molar refractivity (Wildman–Crippen MR) is 90.7 cm³/mol. The van der Waals surface area contributed by atoms with Crippen LogP contribution >= 0.6 is 11.8 Å². The molecule has 7 heteroatoms. The van der Waals surface area contributed by atoms with E-state index in [1.54, 1.807) is 12.1 Å². The second kappa shape index (κ2) is 7.35. The van der Waals surface area contributed by atoms with E-state index >= 15 is 0 Å². The molecule has 2 heterocycles. The second-order valence-electron chi connectivity index (χ2n) is 4.96. The van der Waals surface area contributed by atoms with Gasteiger partial charge in [0.1, 0.15) is 5.76 Å². The minimum atomic E-state index is -0.477. The Hall–Kier alpha value is -2.54. The van der Waals surface area contributed by atoms with Gasteiger partial charge in [-0.3, -0.25) is 0 Å². The van der Waals surface area contributed by atoms with Gasteiger partial charge >= 0.3 is 5.97 Å². The highest BCUT2D eigenvalue weighted by Crippen LogP contribution is 2.26. The maximum atomic E-state index is 11.4. The third-order valence-corrected chi connectivity index (χ3v) is 4.45. The third-order valence-electron chi connectivity index (χ3n) is 3.46. The molecule has 3 rings (SSSR count). The largest absolute Gasteiger partial charge is 0.463 e. The highest BCUT2D eigenvalue weighted by Gasteiger charge is 2.15. The molecule has 0 N–H and O–H groups in total. The fraction of sp³-hybridized carbons (Fsp3) is 0.235. The maximum Gasteiger partial charge on any atom is 0.373 e. The molecule has 0 radical (unpaired) electrons. The van der Waals surface area contributed by atoms with Crippen LogP contribution in [0.1, 0.15) is 23.2 Å². The van der Waals surface area contributed by atoms with Gasteiger partial charge in [0, 0.05) is 12.1 Å². The quantitative estimate of drug-likeness (QED) is 0.503. The van der Waals surface area contributed by atoms with Crippen LogP contribution in [-0.2, 0) is 17.0 Å². The van der Waals surface area contributed by atoms with Crippen molar-refractivity contribution in [2.45, 2.75) is 24.4 Å². The van der Waals surface area contributed by atoms with Gasteiger partial charge in [-0.05, 0) is 19.1 Å². The average molecular weight is 343 g/mol. The standard InChI is InChI=1S/C17H17N3O3S/c1-3-20-15(12-7-5-4-6-8-12)18-19-17(20)24-11-13-9-10-14(23-13)16(21)22-2/h4-10H,3,11H2,1-2H3. The summed E-state index contributed by atoms with van der Waals surface area (Å²) in [6.07, 6.45) is 0. The Kier molecular flexibility index (Phi) is 5.00. The van der Waals surface area contributed by atoms with Gasteiger partial charge in [0.25, 0.3) is 0 Å². The van der Waals surface area contributed by atoms with Crippen LogP contribution in [0.5, 0.6) is 0 Å². The molecule has 0 bridgehead atoms. The number of methoxy groups -OCH3 is 1. The summed E-state index contributed by atoms with van der Waals surface area (Å²) in [6.45, 7) is 2.83. The smallest absolute Gasteiger partial charge is 0.373 e. The van der Waals surface area contributed by atoms with E-state index in [0.717, 1.165) is 23.1 Å². The van der Waals surface area contributed by atoms with Crippen molar-refractivity contribution in [1.82, 2.24) is 14.8 Å². The topological polar surface area (TPSA) is 70.2 Å². The zero-order chi connectivity index (χ0) is 16.9. The molecule has 0 unspecified atom stereocenters. The first-order chi connectivity index (χ1) is 11.7. The molecule has 0 spiro atoms. The Balaban J connectivity index is 1.75. The van der Waals surface area contributed by atoms with E-state index in [2.05, 4.69) is 26.4 Å². The van der Waals surface area contributed by atoms with Gasteiger partial charge in [0.05, 0.1) is 12.9 Å². The summed E-state index contributed by atoms with van der Waals surface area (Å²) in [5.74, 6) is 1.82. The molecule has 24 heavy (non-hydrogen) atoms. The Morgan fingerprint density at radius 2 is 2.00 bits per heavy atom. The summed E-state index contributed by atoms with van der Waals surface area (Å²) in [5.41, 5.74) is 1.03. The SMILES string of the molecule is CCn1c(SCc2ccc(C(=O)OC)o2)nnc1-c1ccccc1. The van der Waals surface area contributed by atoms with Crippen molar-refractivity contribution in [3.05, 3.63) is 54.0 Å². The Bertz CT molecular complexity index is 827. The summed E-state index contributed by atoms with van der Waals surface area (Å²) in [7, 11) is 1.33. The molecule has 0 aliphatic rings. The molecule has 6 nitrogen and oxygen atoms in total. The van der Waals surface area contributed by atoms with Crippen molar-refractivity contribution < 1.29 is 13.9 Å². The first-order valence-electron chi connectivity index (χ1n) is 7.51. The van der Waals surface area contributed by atoms with Crippen LogP contribution in [0.25, 0.3) is 11.4 Å². The molecular formula is C17H17N3O3S. The van der Waals surface area contributed by atoms with E-state index in [4.69, 9.17) is 4.42 Å². The number of thioether (sulfide) groups is 1. The van der Waals surface area contributed by atoms with Crippen molar-refractivity contribution >= 4 is 17.7 Å². The molecule has 2 aromatic heterocycles. The van der Waals surface area contributed by atoms with Crippen LogP contribution < -0.4 is 0 Å². The maximum absolute atomic E-state index is 11.4. The average Bonchev–Trinajstić information content (AvgIpc) is 3.26. The van der Waals surface area contributed by atoms with E-state index in [1.807, 2.05) is 30.3 Å². The van der Waals surface area contributed by atoms with E-state index in [0.29, 0.717) is 11.5 Å². The summed E-state index contributed by atoms with van der Waals surface area (Å²) in [6, 6.07) is 13.3. The summed E-state index contributed by atoms with van der Waals surface area (Å²) >= 11 is 1.52. The van der Waals surface area contributed by atoms with E-state index in [-0.39, 0.29) is 5.76 Å². The molecule has 124 valence electrons. The summed E-state index contributed by atoms with van der Waals surface area (Å²) in [4.78, 5) is 11.4. The number of benzene rings is 1. The van der Waals surface area contributed by atoms with Crippen LogP contribution in [0.3, 0.4) is 0 Å². The Labute approximate surface area is 143 Å². The second-order valence-corrected chi connectivity index (χ2v) is 5.91. The van der Waals surface area contributed by atoms with Gasteiger partial charge in [0.15, 0.2) is 11.0 Å². The molecule has 0 atom stereocenters. The molecular weight excluding hydrogens is 326 g/mol. The van der Waals surface area contributed by atoms with Crippen molar-refractivity contribution in [3.8, 4) is 11.4 Å². The van der Waals surface area contributed by atoms with Gasteiger partial charge in [-0.1, -0.05) is 42.1 Å². The lowest BCUT2D eigenvalue weighted by Crippen LogP contribution is -2.00. The van der Waals surface area contributed by atoms with E-state index in [1.165, 1.54) is 18.9 Å². The molecule has 0 fully saturated rings. The number of hydrogen-bond acceptors (Lipinski definition) is 6. The molecule has 3 aromatic rings. The zero-order valence-corrected chi connectivity index (χ0v) is 14.2. The number of hydrogen-bond donors (Lipinski definition) is 0. The molecule has 0 saturated heterocycles. The normalized spacial score (nSPS) is 10.8. The number of carbonyl (C=O) groups is 1. The number of rotatable bonds is 6. The predicted octanol–water partition coefficient (Wildman–Crippen LogP) is 3.64. The van der Waals surface area contributed by atoms with Crippen LogP contribution in [0.4, 0.5) is 0 Å². The lowest BCUT2D eigenvalue weighted by Gasteiger charge is -2.06. The first kappa shape index (κ1) is 16.3. The monoisotopic (exact) mass is 343 g/mol. The minimum absolute atomic E-state index is 0.204. The van der Waals surface area contributed by atoms with Crippen LogP contribution in [0, 0.1) is 0 Å². The van der Waals surface area contributed by atoms with E-state index < -0.39 is 5.97 Å². The fourth-order valence-electron chi connectivity index (χ4n) is 2.28. The highest BCUT2D eigenvalue weighted by atomic mass is 32.2. The number of ether oxygens (including phenoxy) is 1. The highest BCUT2D eigenvalue weighted by molar-refractivity contribution is 7.98. The van der Waals surface area contributed by atoms with Gasteiger partial charge in [0.2, 0.25) is 5.76 Å². The van der Waals surface area contributed by atoms with Gasteiger partial charge in [-0.25, -0.2) is 4.79 Å².